The third-order valence-corrected chi connectivity index (χ3v) is 4.08. The molecule has 4 rings (SSSR count). The molecule has 26 heavy (non-hydrogen) atoms. The first-order chi connectivity index (χ1) is 12.8. The van der Waals surface area contributed by atoms with Crippen LogP contribution in [0.1, 0.15) is 0 Å². The van der Waals surface area contributed by atoms with E-state index in [0.29, 0.717) is 0 Å². The number of carbonyl (C=O) groups excluding carboxylic acids is 1. The van der Waals surface area contributed by atoms with Crippen molar-refractivity contribution in [1.29, 1.82) is 0 Å². The number of anilines is 3. The van der Waals surface area contributed by atoms with Gasteiger partial charge in [-0.15, -0.1) is 5.10 Å². The molecule has 1 heterocycles. The minimum atomic E-state index is -0.631. The predicted molar refractivity (Wildman–Crippen MR) is 105 cm³/mol. The van der Waals surface area contributed by atoms with Crippen molar-refractivity contribution in [3.05, 3.63) is 91.0 Å². The number of hydrogen-bond donors (Lipinski definition) is 0. The van der Waals surface area contributed by atoms with Crippen LogP contribution in [0.5, 0.6) is 0 Å². The second-order valence-corrected chi connectivity index (χ2v) is 5.94. The Balaban J connectivity index is 1.89. The number of carbonyl (C=O) groups is 1. The zero-order chi connectivity index (χ0) is 17.9. The van der Waals surface area contributed by atoms with Crippen LogP contribution in [-0.4, -0.2) is 11.1 Å². The van der Waals surface area contributed by atoms with Crippen LogP contribution in [0.4, 0.5) is 17.1 Å². The topological polar surface area (TPSA) is 39.2 Å². The summed E-state index contributed by atoms with van der Waals surface area (Å²) in [6.45, 7) is 0. The number of benzene rings is 3. The number of hydrazone groups is 1. The van der Waals surface area contributed by atoms with Crippen molar-refractivity contribution in [2.75, 3.05) is 15.2 Å². The van der Waals surface area contributed by atoms with Crippen molar-refractivity contribution in [1.82, 2.24) is 0 Å². The highest BCUT2D eigenvalue weighted by atomic mass is 35.5. The molecule has 128 valence electrons. The summed E-state index contributed by atoms with van der Waals surface area (Å²) in [5.74, 6) is 0.130. The Labute approximate surface area is 156 Å². The Morgan fingerprint density at radius 3 is 1.65 bits per heavy atom. The van der Waals surface area contributed by atoms with E-state index in [-0.39, 0.29) is 5.84 Å². The van der Waals surface area contributed by atoms with Gasteiger partial charge in [0.05, 0.1) is 17.1 Å². The molecule has 3 aromatic carbocycles. The Hall–Kier alpha value is -3.31. The van der Waals surface area contributed by atoms with Gasteiger partial charge in [-0.2, -0.15) is 10.2 Å². The molecule has 1 aliphatic rings. The van der Waals surface area contributed by atoms with Gasteiger partial charge in [0.25, 0.3) is 5.24 Å². The quantitative estimate of drug-likeness (QED) is 0.644. The number of para-hydroxylation sites is 3. The molecular formula is C20H15ClN4O. The van der Waals surface area contributed by atoms with Crippen LogP contribution in [0.2, 0.25) is 0 Å². The summed E-state index contributed by atoms with van der Waals surface area (Å²) < 4.78 is 0. The Morgan fingerprint density at radius 1 is 0.692 bits per heavy atom. The van der Waals surface area contributed by atoms with E-state index >= 15 is 0 Å². The Morgan fingerprint density at radius 2 is 1.15 bits per heavy atom. The lowest BCUT2D eigenvalue weighted by Gasteiger charge is -2.35. The summed E-state index contributed by atoms with van der Waals surface area (Å²) in [6.07, 6.45) is 0. The van der Waals surface area contributed by atoms with Crippen molar-refractivity contribution in [2.24, 2.45) is 5.10 Å². The summed E-state index contributed by atoms with van der Waals surface area (Å²) in [5.41, 5.74) is 2.43. The number of rotatable bonds is 4. The molecule has 0 saturated heterocycles. The van der Waals surface area contributed by atoms with Crippen molar-refractivity contribution >= 4 is 39.7 Å². The van der Waals surface area contributed by atoms with Gasteiger partial charge in [0, 0.05) is 0 Å². The third-order valence-electron chi connectivity index (χ3n) is 3.91. The van der Waals surface area contributed by atoms with Crippen molar-refractivity contribution in [3.8, 4) is 0 Å². The van der Waals surface area contributed by atoms with Crippen LogP contribution in [-0.2, 0) is 4.79 Å². The molecule has 6 heteroatoms. The molecule has 0 N–H and O–H groups in total. The highest BCUT2D eigenvalue weighted by Gasteiger charge is 2.37. The van der Waals surface area contributed by atoms with E-state index in [0.717, 1.165) is 17.1 Å². The fourth-order valence-electron chi connectivity index (χ4n) is 2.79. The fraction of sp³-hybridized carbons (Fsp3) is 0. The Kier molecular flexibility index (Phi) is 4.29. The minimum absolute atomic E-state index is 0.130. The highest BCUT2D eigenvalue weighted by molar-refractivity contribution is 6.83. The van der Waals surface area contributed by atoms with E-state index in [1.165, 1.54) is 0 Å². The van der Waals surface area contributed by atoms with Gasteiger partial charge >= 0.3 is 0 Å². The van der Waals surface area contributed by atoms with Gasteiger partial charge < -0.3 is 0 Å². The molecule has 0 spiro atoms. The van der Waals surface area contributed by atoms with Gasteiger partial charge in [0.15, 0.2) is 0 Å². The molecule has 0 aliphatic carbocycles. The van der Waals surface area contributed by atoms with E-state index in [1.54, 1.807) is 10.1 Å². The average Bonchev–Trinajstić information content (AvgIpc) is 3.11. The monoisotopic (exact) mass is 362 g/mol. The SMILES string of the molecule is O=C(Cl)C1=NN(c2ccccc2)N(c2ccccc2)N1c1ccccc1. The number of hydrogen-bond acceptors (Lipinski definition) is 5. The van der Waals surface area contributed by atoms with Crippen molar-refractivity contribution < 1.29 is 4.79 Å². The normalized spacial score (nSPS) is 13.7. The molecule has 3 aromatic rings. The van der Waals surface area contributed by atoms with E-state index in [9.17, 15) is 4.79 Å². The summed E-state index contributed by atoms with van der Waals surface area (Å²) >= 11 is 5.87. The molecule has 0 bridgehead atoms. The molecule has 0 aromatic heterocycles. The first kappa shape index (κ1) is 16.2. The lowest BCUT2D eigenvalue weighted by Crippen LogP contribution is -2.49. The molecule has 5 nitrogen and oxygen atoms in total. The molecule has 0 atom stereocenters. The molecule has 0 amide bonds. The number of nitrogens with zero attached hydrogens (tertiary/aromatic N) is 4. The first-order valence-electron chi connectivity index (χ1n) is 8.09. The molecule has 0 unspecified atom stereocenters. The van der Waals surface area contributed by atoms with Crippen LogP contribution in [0.3, 0.4) is 0 Å². The molecule has 0 fully saturated rings. The lowest BCUT2D eigenvalue weighted by atomic mass is 10.3. The lowest BCUT2D eigenvalue weighted by molar-refractivity contribution is -0.106. The predicted octanol–water partition coefficient (Wildman–Crippen LogP) is 4.43. The van der Waals surface area contributed by atoms with E-state index in [4.69, 9.17) is 11.6 Å². The maximum Gasteiger partial charge on any atom is 0.291 e. The smallest absolute Gasteiger partial charge is 0.272 e. The molecular weight excluding hydrogens is 348 g/mol. The molecule has 0 radical (unpaired) electrons. The van der Waals surface area contributed by atoms with Crippen molar-refractivity contribution in [2.45, 2.75) is 0 Å². The second kappa shape index (κ2) is 6.90. The summed E-state index contributed by atoms with van der Waals surface area (Å²) in [4.78, 5) is 12.1. The maximum atomic E-state index is 12.1. The Bertz CT molecular complexity index is 932. The summed E-state index contributed by atoms with van der Waals surface area (Å²) in [5, 5.41) is 9.05. The van der Waals surface area contributed by atoms with Crippen LogP contribution in [0.15, 0.2) is 96.1 Å². The van der Waals surface area contributed by atoms with E-state index in [1.807, 2.05) is 96.1 Å². The third kappa shape index (κ3) is 2.89. The van der Waals surface area contributed by atoms with Crippen LogP contribution >= 0.6 is 11.6 Å². The highest BCUT2D eigenvalue weighted by Crippen LogP contribution is 2.33. The largest absolute Gasteiger partial charge is 0.291 e. The number of hydrazine groups is 2. The average molecular weight is 363 g/mol. The standard InChI is InChI=1S/C20H15ClN4O/c21-19(26)20-22-24(17-12-6-2-7-13-17)25(18-14-8-3-9-15-18)23(20)16-10-4-1-5-11-16/h1-15H. The van der Waals surface area contributed by atoms with Crippen LogP contribution in [0.25, 0.3) is 0 Å². The minimum Gasteiger partial charge on any atom is -0.272 e. The van der Waals surface area contributed by atoms with Gasteiger partial charge in [0.2, 0.25) is 5.84 Å². The fourth-order valence-corrected chi connectivity index (χ4v) is 2.90. The van der Waals surface area contributed by atoms with E-state index in [2.05, 4.69) is 5.10 Å². The molecule has 0 saturated carbocycles. The second-order valence-electron chi connectivity index (χ2n) is 5.59. The van der Waals surface area contributed by atoms with Gasteiger partial charge in [0.1, 0.15) is 0 Å². The first-order valence-corrected chi connectivity index (χ1v) is 8.47. The summed E-state index contributed by atoms with van der Waals surface area (Å²) in [7, 11) is 0. The van der Waals surface area contributed by atoms with Crippen LogP contribution in [0, 0.1) is 0 Å². The van der Waals surface area contributed by atoms with Gasteiger partial charge in [-0.3, -0.25) is 4.79 Å². The van der Waals surface area contributed by atoms with E-state index < -0.39 is 5.24 Å². The van der Waals surface area contributed by atoms with Crippen molar-refractivity contribution in [3.63, 3.8) is 0 Å². The van der Waals surface area contributed by atoms with Crippen LogP contribution < -0.4 is 15.2 Å². The van der Waals surface area contributed by atoms with Gasteiger partial charge in [-0.25, -0.2) is 5.01 Å². The number of halogens is 1. The molecule has 1 aliphatic heterocycles. The van der Waals surface area contributed by atoms with Gasteiger partial charge in [-0.1, -0.05) is 54.6 Å². The zero-order valence-corrected chi connectivity index (χ0v) is 14.5. The maximum absolute atomic E-state index is 12.1. The number of amidine groups is 1. The zero-order valence-electron chi connectivity index (χ0n) is 13.7. The van der Waals surface area contributed by atoms with Gasteiger partial charge in [-0.05, 0) is 48.0 Å². The summed E-state index contributed by atoms with van der Waals surface area (Å²) in [6, 6.07) is 28.8.